The maximum Gasteiger partial charge on any atom is 0.328 e. The number of aryl methyl sites for hydroxylation is 2. The largest absolute Gasteiger partial charge is 0.384 e. The third kappa shape index (κ3) is 9.29. The number of aromatic amines is 1. The normalized spacial score (nSPS) is 15.5. The zero-order valence-electron chi connectivity index (χ0n) is 36.1. The number of urea groups is 1. The number of carbonyl (C=O) groups is 3. The van der Waals surface area contributed by atoms with E-state index in [2.05, 4.69) is 81.6 Å². The number of rotatable bonds is 13. The molecule has 2 fully saturated rings. The van der Waals surface area contributed by atoms with Gasteiger partial charge >= 0.3 is 6.03 Å². The van der Waals surface area contributed by atoms with Crippen LogP contribution in [0.15, 0.2) is 71.5 Å². The van der Waals surface area contributed by atoms with E-state index in [4.69, 9.17) is 9.51 Å². The summed E-state index contributed by atoms with van der Waals surface area (Å²) < 4.78 is 5.30. The van der Waals surface area contributed by atoms with E-state index >= 15 is 0 Å². The lowest BCUT2D eigenvalue weighted by Crippen LogP contribution is -2.49. The number of H-pyrrole nitrogens is 1. The summed E-state index contributed by atoms with van der Waals surface area (Å²) in [6.07, 6.45) is 4.08. The Labute approximate surface area is 360 Å². The standard InChI is InChI=1S/C46H54N12O4/c1-27-23-32(9-13-35(27)29(3)51-43(60)42-55-44(62-56-42)46(4,5)6)38-39-41(50-26-49-38)54-40(53-39)31-7-10-33(11-8-31)48-19-18-47-25-30-15-20-57(21-16-30)34-12-14-36(28(2)24-34)58-22-17-37(59)52-45(58)61/h7-14,23-24,26,29-30,47-48H,15-22,25H2,1-6H3,(H,51,60)(H,52,59,61)(H,49,50,53,54)/t29-/m1/s1. The van der Waals surface area contributed by atoms with E-state index in [-0.39, 0.29) is 29.2 Å². The highest BCUT2D eigenvalue weighted by Crippen LogP contribution is 2.32. The third-order valence-corrected chi connectivity index (χ3v) is 11.6. The lowest BCUT2D eigenvalue weighted by Gasteiger charge is -2.34. The van der Waals surface area contributed by atoms with E-state index in [1.165, 1.54) is 12.0 Å². The monoisotopic (exact) mass is 838 g/mol. The molecule has 0 spiro atoms. The first-order valence-electron chi connectivity index (χ1n) is 21.3. The van der Waals surface area contributed by atoms with Crippen molar-refractivity contribution in [1.29, 1.82) is 0 Å². The van der Waals surface area contributed by atoms with Crippen LogP contribution in [0.25, 0.3) is 33.8 Å². The highest BCUT2D eigenvalue weighted by molar-refractivity contribution is 6.06. The number of nitrogens with zero attached hydrogens (tertiary/aromatic N) is 7. The molecule has 8 rings (SSSR count). The van der Waals surface area contributed by atoms with Crippen LogP contribution >= 0.6 is 0 Å². The number of imidazole rings is 1. The van der Waals surface area contributed by atoms with Gasteiger partial charge in [-0.3, -0.25) is 19.8 Å². The summed E-state index contributed by atoms with van der Waals surface area (Å²) in [7, 11) is 0. The van der Waals surface area contributed by atoms with Crippen molar-refractivity contribution >= 4 is 46.1 Å². The van der Waals surface area contributed by atoms with E-state index in [0.717, 1.165) is 96.0 Å². The number of hydrogen-bond donors (Lipinski definition) is 5. The quantitative estimate of drug-likeness (QED) is 0.0761. The van der Waals surface area contributed by atoms with Crippen LogP contribution < -0.4 is 31.1 Å². The van der Waals surface area contributed by atoms with E-state index < -0.39 is 5.91 Å². The molecule has 0 aliphatic carbocycles. The molecule has 16 nitrogen and oxygen atoms in total. The molecule has 0 saturated carbocycles. The van der Waals surface area contributed by atoms with Gasteiger partial charge in [-0.2, -0.15) is 4.98 Å². The van der Waals surface area contributed by atoms with Crippen molar-refractivity contribution in [1.82, 2.24) is 46.0 Å². The number of anilines is 3. The average molecular weight is 839 g/mol. The molecular weight excluding hydrogens is 785 g/mol. The van der Waals surface area contributed by atoms with Crippen LogP contribution in [0.1, 0.15) is 86.2 Å². The molecule has 0 unspecified atom stereocenters. The van der Waals surface area contributed by atoms with E-state index in [0.29, 0.717) is 36.2 Å². The second-order valence-corrected chi connectivity index (χ2v) is 17.3. The maximum atomic E-state index is 12.9. The van der Waals surface area contributed by atoms with Gasteiger partial charge in [-0.1, -0.05) is 38.1 Å². The van der Waals surface area contributed by atoms with Crippen LogP contribution in [0.3, 0.4) is 0 Å². The summed E-state index contributed by atoms with van der Waals surface area (Å²) in [5, 5.41) is 16.4. The van der Waals surface area contributed by atoms with Gasteiger partial charge in [-0.25, -0.2) is 19.7 Å². The first kappa shape index (κ1) is 42.0. The Morgan fingerprint density at radius 3 is 2.40 bits per heavy atom. The Morgan fingerprint density at radius 2 is 1.69 bits per heavy atom. The number of nitrogens with one attached hydrogen (secondary N) is 5. The Hall–Kier alpha value is -6.68. The zero-order valence-corrected chi connectivity index (χ0v) is 36.1. The average Bonchev–Trinajstić information content (AvgIpc) is 3.94. The van der Waals surface area contributed by atoms with Gasteiger partial charge in [0.05, 0.1) is 11.7 Å². The predicted octanol–water partition coefficient (Wildman–Crippen LogP) is 6.84. The molecular formula is C46H54N12O4. The minimum Gasteiger partial charge on any atom is -0.384 e. The molecule has 0 bridgehead atoms. The predicted molar refractivity (Wildman–Crippen MR) is 239 cm³/mol. The number of imide groups is 1. The van der Waals surface area contributed by atoms with E-state index in [1.54, 1.807) is 4.90 Å². The Bertz CT molecular complexity index is 2590. The molecule has 4 amide bonds. The zero-order chi connectivity index (χ0) is 43.5. The van der Waals surface area contributed by atoms with E-state index in [1.807, 2.05) is 71.9 Å². The van der Waals surface area contributed by atoms with Crippen molar-refractivity contribution in [3.8, 4) is 22.6 Å². The van der Waals surface area contributed by atoms with Crippen LogP contribution in [0.2, 0.25) is 0 Å². The summed E-state index contributed by atoms with van der Waals surface area (Å²) in [5.41, 5.74) is 9.59. The highest BCUT2D eigenvalue weighted by atomic mass is 16.5. The van der Waals surface area contributed by atoms with Crippen LogP contribution in [0.4, 0.5) is 21.9 Å². The van der Waals surface area contributed by atoms with Crippen molar-refractivity contribution < 1.29 is 18.9 Å². The van der Waals surface area contributed by atoms with Crippen molar-refractivity contribution in [3.63, 3.8) is 0 Å². The minimum absolute atomic E-state index is 0.0125. The Balaban J connectivity index is 0.799. The number of amides is 4. The summed E-state index contributed by atoms with van der Waals surface area (Å²) in [4.78, 5) is 62.5. The fourth-order valence-electron chi connectivity index (χ4n) is 8.13. The number of aromatic nitrogens is 6. The molecule has 0 radical (unpaired) electrons. The number of fused-ring (bicyclic) bond motifs is 1. The van der Waals surface area contributed by atoms with Crippen LogP contribution in [-0.4, -0.2) is 87.2 Å². The number of hydrogen-bond acceptors (Lipinski definition) is 12. The van der Waals surface area contributed by atoms with Gasteiger partial charge < -0.3 is 30.4 Å². The second-order valence-electron chi connectivity index (χ2n) is 17.3. The van der Waals surface area contributed by atoms with Gasteiger partial charge in [0.25, 0.3) is 11.7 Å². The lowest BCUT2D eigenvalue weighted by molar-refractivity contribution is -0.120. The molecule has 1 atom stereocenters. The van der Waals surface area contributed by atoms with Crippen LogP contribution in [0, 0.1) is 19.8 Å². The van der Waals surface area contributed by atoms with E-state index in [9.17, 15) is 14.4 Å². The fraction of sp³-hybridized carbons (Fsp3) is 0.391. The van der Waals surface area contributed by atoms with Crippen LogP contribution in [-0.2, 0) is 10.2 Å². The van der Waals surface area contributed by atoms with Gasteiger partial charge in [0.15, 0.2) is 5.65 Å². The fourth-order valence-corrected chi connectivity index (χ4v) is 8.13. The first-order chi connectivity index (χ1) is 29.8. The number of carbonyl (C=O) groups excluding carboxylic acids is 3. The summed E-state index contributed by atoms with van der Waals surface area (Å²) in [5.74, 6) is 1.13. The molecule has 2 aliphatic rings. The topological polar surface area (TPSA) is 199 Å². The summed E-state index contributed by atoms with van der Waals surface area (Å²) >= 11 is 0. The van der Waals surface area contributed by atoms with Crippen molar-refractivity contribution in [2.45, 2.75) is 72.3 Å². The van der Waals surface area contributed by atoms with Crippen molar-refractivity contribution in [3.05, 3.63) is 95.4 Å². The van der Waals surface area contributed by atoms with Gasteiger partial charge in [0.1, 0.15) is 17.7 Å². The molecule has 5 heterocycles. The van der Waals surface area contributed by atoms with Crippen LogP contribution in [0.5, 0.6) is 0 Å². The smallest absolute Gasteiger partial charge is 0.328 e. The van der Waals surface area contributed by atoms with Gasteiger partial charge in [0, 0.05) is 72.7 Å². The van der Waals surface area contributed by atoms with Gasteiger partial charge in [0.2, 0.25) is 11.8 Å². The second kappa shape index (κ2) is 17.7. The van der Waals surface area contributed by atoms with Gasteiger partial charge in [-0.05, 0) is 111 Å². The summed E-state index contributed by atoms with van der Waals surface area (Å²) in [6, 6.07) is 19.8. The molecule has 3 aromatic heterocycles. The third-order valence-electron chi connectivity index (χ3n) is 11.6. The number of piperidine rings is 1. The van der Waals surface area contributed by atoms with Crippen molar-refractivity contribution in [2.75, 3.05) is 54.4 Å². The molecule has 2 aliphatic heterocycles. The molecule has 16 heteroatoms. The molecule has 6 aromatic rings. The number of benzene rings is 3. The molecule has 62 heavy (non-hydrogen) atoms. The SMILES string of the molecule is Cc1cc(-c2ncnc3nc(-c4ccc(NCCNCC5CCN(c6ccc(N7CCC(=O)NC7=O)c(C)c6)CC5)cc4)[nH]c23)ccc1[C@@H](C)NC(=O)c1noc(C(C)(C)C)n1. The molecule has 5 N–H and O–H groups in total. The highest BCUT2D eigenvalue weighted by Gasteiger charge is 2.27. The molecule has 2 saturated heterocycles. The molecule has 322 valence electrons. The first-order valence-corrected chi connectivity index (χ1v) is 21.3. The Kier molecular flexibility index (Phi) is 12.0. The summed E-state index contributed by atoms with van der Waals surface area (Å²) in [6.45, 7) is 16.8. The maximum absolute atomic E-state index is 12.9. The Morgan fingerprint density at radius 1 is 0.919 bits per heavy atom. The molecule has 3 aromatic carbocycles. The van der Waals surface area contributed by atoms with Gasteiger partial charge in [-0.15, -0.1) is 0 Å². The minimum atomic E-state index is -0.395. The van der Waals surface area contributed by atoms with Crippen molar-refractivity contribution in [2.24, 2.45) is 5.92 Å². The lowest BCUT2D eigenvalue weighted by atomic mass is 9.96.